The van der Waals surface area contributed by atoms with Crippen LogP contribution in [-0.4, -0.2) is 116 Å². The van der Waals surface area contributed by atoms with Crippen LogP contribution < -0.4 is 0 Å². The van der Waals surface area contributed by atoms with Crippen LogP contribution in [0.3, 0.4) is 0 Å². The van der Waals surface area contributed by atoms with Gasteiger partial charge in [0, 0.05) is 72.4 Å². The van der Waals surface area contributed by atoms with Crippen molar-refractivity contribution >= 4 is 5.91 Å². The Hall–Kier alpha value is -0.730. The first kappa shape index (κ1) is 18.6. The number of hydrogen-bond donors (Lipinski definition) is 1. The Labute approximate surface area is 139 Å². The van der Waals surface area contributed by atoms with Crippen molar-refractivity contribution in [2.75, 3.05) is 79.1 Å². The van der Waals surface area contributed by atoms with Crippen LogP contribution in [0.2, 0.25) is 0 Å². The minimum atomic E-state index is -0.730. The number of nitrogens with zero attached hydrogens (tertiary/aromatic N) is 4. The van der Waals surface area contributed by atoms with Gasteiger partial charge in [-0.25, -0.2) is 0 Å². The molecule has 2 aliphatic rings. The summed E-state index contributed by atoms with van der Waals surface area (Å²) < 4.78 is 5.53. The molecule has 1 N–H and O–H groups in total. The molecule has 0 radical (unpaired) electrons. The van der Waals surface area contributed by atoms with Crippen LogP contribution in [0.25, 0.3) is 0 Å². The van der Waals surface area contributed by atoms with E-state index in [1.165, 1.54) is 0 Å². The van der Waals surface area contributed by atoms with E-state index < -0.39 is 6.29 Å². The number of β-amino-alcohol motifs (C(OH)–C–C–N with tert-alkyl or cyclic N) is 1. The molecule has 1 atom stereocenters. The Morgan fingerprint density at radius 1 is 1.04 bits per heavy atom. The third-order valence-corrected chi connectivity index (χ3v) is 4.76. The first-order valence-electron chi connectivity index (χ1n) is 8.73. The van der Waals surface area contributed by atoms with Gasteiger partial charge in [-0.15, -0.1) is 0 Å². The third kappa shape index (κ3) is 6.73. The number of ether oxygens (including phenoxy) is 1. The summed E-state index contributed by atoms with van der Waals surface area (Å²) in [6.45, 7) is 11.4. The normalized spacial score (nSPS) is 23.2. The number of rotatable bonds is 7. The summed E-state index contributed by atoms with van der Waals surface area (Å²) in [5.74, 6) is 0.130. The first-order chi connectivity index (χ1) is 11.0. The molecule has 2 saturated heterocycles. The van der Waals surface area contributed by atoms with E-state index in [0.717, 1.165) is 65.3 Å². The Morgan fingerprint density at radius 2 is 1.65 bits per heavy atom. The van der Waals surface area contributed by atoms with Gasteiger partial charge in [-0.1, -0.05) is 0 Å². The number of aliphatic hydroxyl groups is 1. The fourth-order valence-corrected chi connectivity index (χ4v) is 3.10. The molecule has 0 aliphatic carbocycles. The predicted molar refractivity (Wildman–Crippen MR) is 89.2 cm³/mol. The highest BCUT2D eigenvalue weighted by Gasteiger charge is 2.20. The zero-order valence-electron chi connectivity index (χ0n) is 14.6. The molecule has 0 aromatic rings. The molecule has 0 spiro atoms. The Balaban J connectivity index is 1.50. The van der Waals surface area contributed by atoms with Gasteiger partial charge >= 0.3 is 0 Å². The molecule has 1 unspecified atom stereocenters. The largest absolute Gasteiger partial charge is 0.367 e. The predicted octanol–water partition coefficient (Wildman–Crippen LogP) is -0.877. The van der Waals surface area contributed by atoms with Gasteiger partial charge in [0.1, 0.15) is 0 Å². The molecule has 134 valence electrons. The maximum absolute atomic E-state index is 11.3. The Morgan fingerprint density at radius 3 is 2.26 bits per heavy atom. The lowest BCUT2D eigenvalue weighted by Crippen LogP contribution is -2.50. The highest BCUT2D eigenvalue weighted by molar-refractivity contribution is 5.73. The van der Waals surface area contributed by atoms with Gasteiger partial charge in [0.15, 0.2) is 6.29 Å². The minimum absolute atomic E-state index is 0.130. The fourth-order valence-electron chi connectivity index (χ4n) is 3.10. The van der Waals surface area contributed by atoms with Crippen molar-refractivity contribution in [3.05, 3.63) is 0 Å². The molecule has 1 amide bonds. The maximum atomic E-state index is 11.3. The van der Waals surface area contributed by atoms with Gasteiger partial charge in [0.2, 0.25) is 5.91 Å². The summed E-state index contributed by atoms with van der Waals surface area (Å²) >= 11 is 0. The van der Waals surface area contributed by atoms with Crippen LogP contribution in [0.5, 0.6) is 0 Å². The zero-order valence-corrected chi connectivity index (χ0v) is 14.6. The van der Waals surface area contributed by atoms with Gasteiger partial charge in [-0.2, -0.15) is 0 Å². The standard InChI is InChI=1S/C16H32N4O3/c1-15(21)20-11-9-19(10-12-20)14-16(22)23-13-3-4-18-7-5-17(2)6-8-18/h16,22H,3-14H2,1-2H3. The second-order valence-electron chi connectivity index (χ2n) is 6.63. The third-order valence-electron chi connectivity index (χ3n) is 4.76. The monoisotopic (exact) mass is 328 g/mol. The SMILES string of the molecule is CC(=O)N1CCN(CC(O)OCCCN2CCN(C)CC2)CC1. The van der Waals surface area contributed by atoms with Gasteiger partial charge < -0.3 is 24.5 Å². The summed E-state index contributed by atoms with van der Waals surface area (Å²) in [4.78, 5) is 20.1. The summed E-state index contributed by atoms with van der Waals surface area (Å²) in [6.07, 6.45) is 0.227. The van der Waals surface area contributed by atoms with Crippen LogP contribution in [0.15, 0.2) is 0 Å². The van der Waals surface area contributed by atoms with Gasteiger partial charge in [0.25, 0.3) is 0 Å². The summed E-state index contributed by atoms with van der Waals surface area (Å²) in [5, 5.41) is 9.98. The quantitative estimate of drug-likeness (QED) is 0.484. The van der Waals surface area contributed by atoms with Crippen molar-refractivity contribution in [3.8, 4) is 0 Å². The average Bonchev–Trinajstić information content (AvgIpc) is 2.54. The molecule has 7 nitrogen and oxygen atoms in total. The smallest absolute Gasteiger partial charge is 0.219 e. The summed E-state index contributed by atoms with van der Waals surface area (Å²) in [7, 11) is 2.16. The van der Waals surface area contributed by atoms with Crippen molar-refractivity contribution in [3.63, 3.8) is 0 Å². The van der Waals surface area contributed by atoms with Gasteiger partial charge in [0.05, 0.1) is 6.61 Å². The molecule has 2 rings (SSSR count). The van der Waals surface area contributed by atoms with E-state index >= 15 is 0 Å². The van der Waals surface area contributed by atoms with Crippen molar-refractivity contribution < 1.29 is 14.6 Å². The number of amides is 1. The second kappa shape index (κ2) is 9.54. The Bertz CT molecular complexity index is 353. The molecule has 2 heterocycles. The average molecular weight is 328 g/mol. The Kier molecular flexibility index (Phi) is 7.72. The number of hydrogen-bond acceptors (Lipinski definition) is 6. The lowest BCUT2D eigenvalue weighted by atomic mass is 10.3. The van der Waals surface area contributed by atoms with E-state index in [2.05, 4.69) is 21.7 Å². The summed E-state index contributed by atoms with van der Waals surface area (Å²) in [5.41, 5.74) is 0. The van der Waals surface area contributed by atoms with E-state index in [1.807, 2.05) is 4.90 Å². The van der Waals surface area contributed by atoms with Crippen LogP contribution in [0.1, 0.15) is 13.3 Å². The topological polar surface area (TPSA) is 59.5 Å². The molecule has 2 fully saturated rings. The maximum Gasteiger partial charge on any atom is 0.219 e. The molecule has 7 heteroatoms. The van der Waals surface area contributed by atoms with E-state index in [1.54, 1.807) is 6.92 Å². The highest BCUT2D eigenvalue weighted by Crippen LogP contribution is 2.05. The molecule has 0 aromatic heterocycles. The van der Waals surface area contributed by atoms with Crippen LogP contribution >= 0.6 is 0 Å². The number of likely N-dealkylation sites (N-methyl/N-ethyl adjacent to an activating group) is 1. The lowest BCUT2D eigenvalue weighted by Gasteiger charge is -2.35. The van der Waals surface area contributed by atoms with E-state index in [9.17, 15) is 9.90 Å². The van der Waals surface area contributed by atoms with E-state index in [0.29, 0.717) is 13.2 Å². The number of carbonyl (C=O) groups is 1. The molecule has 23 heavy (non-hydrogen) atoms. The molecule has 0 bridgehead atoms. The van der Waals surface area contributed by atoms with Crippen molar-refractivity contribution in [1.82, 2.24) is 19.6 Å². The highest BCUT2D eigenvalue weighted by atomic mass is 16.6. The number of piperazine rings is 2. The van der Waals surface area contributed by atoms with E-state index in [4.69, 9.17) is 4.74 Å². The first-order valence-corrected chi connectivity index (χ1v) is 8.73. The van der Waals surface area contributed by atoms with Crippen LogP contribution in [0.4, 0.5) is 0 Å². The van der Waals surface area contributed by atoms with Crippen molar-refractivity contribution in [2.45, 2.75) is 19.6 Å². The molecular formula is C16H32N4O3. The lowest BCUT2D eigenvalue weighted by molar-refractivity contribution is -0.133. The molecular weight excluding hydrogens is 296 g/mol. The fraction of sp³-hybridized carbons (Fsp3) is 0.938. The molecule has 0 aromatic carbocycles. The van der Waals surface area contributed by atoms with Crippen LogP contribution in [-0.2, 0) is 9.53 Å². The van der Waals surface area contributed by atoms with Crippen molar-refractivity contribution in [1.29, 1.82) is 0 Å². The zero-order chi connectivity index (χ0) is 16.7. The van der Waals surface area contributed by atoms with Crippen LogP contribution in [0, 0.1) is 0 Å². The van der Waals surface area contributed by atoms with E-state index in [-0.39, 0.29) is 5.91 Å². The minimum Gasteiger partial charge on any atom is -0.367 e. The summed E-state index contributed by atoms with van der Waals surface area (Å²) in [6, 6.07) is 0. The second-order valence-corrected chi connectivity index (χ2v) is 6.63. The number of aliphatic hydroxyl groups excluding tert-OH is 1. The molecule has 2 aliphatic heterocycles. The van der Waals surface area contributed by atoms with Gasteiger partial charge in [-0.05, 0) is 13.5 Å². The molecule has 0 saturated carbocycles. The number of carbonyl (C=O) groups excluding carboxylic acids is 1. The van der Waals surface area contributed by atoms with Gasteiger partial charge in [-0.3, -0.25) is 9.69 Å². The van der Waals surface area contributed by atoms with Crippen molar-refractivity contribution in [2.24, 2.45) is 0 Å².